The van der Waals surface area contributed by atoms with E-state index in [9.17, 15) is 10.2 Å². The number of hydrogen-bond donors (Lipinski definition) is 3. The van der Waals surface area contributed by atoms with Gasteiger partial charge in [0.15, 0.2) is 0 Å². The standard InChI is InChI=1S/C10H19NO2/c1-5-9(3,12)7-11-8-10(4,13)6-2/h5-6,11-13H,1-2,7-8H2,3-4H3. The minimum Gasteiger partial charge on any atom is -0.385 e. The maximum atomic E-state index is 9.50. The zero-order valence-electron chi connectivity index (χ0n) is 8.38. The molecule has 2 unspecified atom stereocenters. The first-order valence-electron chi connectivity index (χ1n) is 4.26. The van der Waals surface area contributed by atoms with Crippen molar-refractivity contribution < 1.29 is 10.2 Å². The molecule has 0 aromatic rings. The zero-order valence-corrected chi connectivity index (χ0v) is 8.38. The molecule has 0 aliphatic rings. The van der Waals surface area contributed by atoms with E-state index in [1.165, 1.54) is 12.2 Å². The van der Waals surface area contributed by atoms with Gasteiger partial charge < -0.3 is 15.5 Å². The zero-order chi connectivity index (χ0) is 10.5. The smallest absolute Gasteiger partial charge is 0.0920 e. The van der Waals surface area contributed by atoms with Gasteiger partial charge in [-0.25, -0.2) is 0 Å². The monoisotopic (exact) mass is 185 g/mol. The molecule has 0 radical (unpaired) electrons. The topological polar surface area (TPSA) is 52.5 Å². The fourth-order valence-electron chi connectivity index (χ4n) is 0.713. The first-order valence-corrected chi connectivity index (χ1v) is 4.26. The normalized spacial score (nSPS) is 20.0. The highest BCUT2D eigenvalue weighted by Crippen LogP contribution is 2.04. The number of hydrogen-bond acceptors (Lipinski definition) is 3. The summed E-state index contributed by atoms with van der Waals surface area (Å²) >= 11 is 0. The Kier molecular flexibility index (Phi) is 4.33. The third-order valence-electron chi connectivity index (χ3n) is 1.85. The second-order valence-electron chi connectivity index (χ2n) is 3.73. The highest BCUT2D eigenvalue weighted by molar-refractivity contribution is 4.97. The molecule has 0 rings (SSSR count). The number of aliphatic hydroxyl groups is 2. The summed E-state index contributed by atoms with van der Waals surface area (Å²) in [6.45, 7) is 11.0. The maximum absolute atomic E-state index is 9.50. The van der Waals surface area contributed by atoms with Crippen molar-refractivity contribution in [3.8, 4) is 0 Å². The van der Waals surface area contributed by atoms with E-state index in [4.69, 9.17) is 0 Å². The van der Waals surface area contributed by atoms with Crippen LogP contribution in [0.5, 0.6) is 0 Å². The van der Waals surface area contributed by atoms with Crippen molar-refractivity contribution in [1.29, 1.82) is 0 Å². The van der Waals surface area contributed by atoms with E-state index in [1.807, 2.05) is 0 Å². The van der Waals surface area contributed by atoms with Crippen LogP contribution in [0.15, 0.2) is 25.3 Å². The van der Waals surface area contributed by atoms with Crippen LogP contribution < -0.4 is 5.32 Å². The van der Waals surface area contributed by atoms with Crippen LogP contribution in [0.4, 0.5) is 0 Å². The first kappa shape index (κ1) is 12.4. The van der Waals surface area contributed by atoms with Crippen LogP contribution >= 0.6 is 0 Å². The molecule has 0 aromatic carbocycles. The first-order chi connectivity index (χ1) is 5.83. The molecule has 13 heavy (non-hydrogen) atoms. The summed E-state index contributed by atoms with van der Waals surface area (Å²) in [6, 6.07) is 0. The minimum atomic E-state index is -0.933. The molecule has 3 N–H and O–H groups in total. The van der Waals surface area contributed by atoms with Gasteiger partial charge in [0.1, 0.15) is 0 Å². The lowest BCUT2D eigenvalue weighted by Gasteiger charge is -2.23. The average Bonchev–Trinajstić information content (AvgIpc) is 2.04. The molecule has 2 atom stereocenters. The lowest BCUT2D eigenvalue weighted by molar-refractivity contribution is 0.0837. The van der Waals surface area contributed by atoms with E-state index in [1.54, 1.807) is 13.8 Å². The van der Waals surface area contributed by atoms with Crippen molar-refractivity contribution in [3.63, 3.8) is 0 Å². The number of nitrogens with one attached hydrogen (secondary N) is 1. The highest BCUT2D eigenvalue weighted by Gasteiger charge is 2.18. The molecule has 0 aliphatic carbocycles. The van der Waals surface area contributed by atoms with Gasteiger partial charge in [-0.05, 0) is 13.8 Å². The SMILES string of the molecule is C=CC(C)(O)CNCC(C)(O)C=C. The van der Waals surface area contributed by atoms with Crippen LogP contribution in [0.25, 0.3) is 0 Å². The third kappa shape index (κ3) is 5.58. The van der Waals surface area contributed by atoms with Gasteiger partial charge in [-0.1, -0.05) is 12.2 Å². The van der Waals surface area contributed by atoms with Gasteiger partial charge in [-0.15, -0.1) is 13.2 Å². The molecule has 0 saturated carbocycles. The summed E-state index contributed by atoms with van der Waals surface area (Å²) in [5.41, 5.74) is -1.87. The Balaban J connectivity index is 3.80. The third-order valence-corrected chi connectivity index (χ3v) is 1.85. The Morgan fingerprint density at radius 3 is 1.62 bits per heavy atom. The fourth-order valence-corrected chi connectivity index (χ4v) is 0.713. The highest BCUT2D eigenvalue weighted by atomic mass is 16.3. The van der Waals surface area contributed by atoms with E-state index in [-0.39, 0.29) is 0 Å². The Morgan fingerprint density at radius 2 is 1.38 bits per heavy atom. The van der Waals surface area contributed by atoms with Gasteiger partial charge in [0.25, 0.3) is 0 Å². The molecule has 3 heteroatoms. The van der Waals surface area contributed by atoms with Gasteiger partial charge in [0.2, 0.25) is 0 Å². The van der Waals surface area contributed by atoms with Crippen molar-refractivity contribution in [1.82, 2.24) is 5.32 Å². The van der Waals surface area contributed by atoms with Crippen LogP contribution in [-0.4, -0.2) is 34.5 Å². The van der Waals surface area contributed by atoms with Crippen molar-refractivity contribution in [2.24, 2.45) is 0 Å². The van der Waals surface area contributed by atoms with Crippen molar-refractivity contribution in [3.05, 3.63) is 25.3 Å². The lowest BCUT2D eigenvalue weighted by Crippen LogP contribution is -2.42. The number of rotatable bonds is 6. The molecule has 0 fully saturated rings. The van der Waals surface area contributed by atoms with Crippen LogP contribution in [0.1, 0.15) is 13.8 Å². The fraction of sp³-hybridized carbons (Fsp3) is 0.600. The summed E-state index contributed by atoms with van der Waals surface area (Å²) in [4.78, 5) is 0. The molecule has 0 aliphatic heterocycles. The van der Waals surface area contributed by atoms with E-state index in [0.717, 1.165) is 0 Å². The van der Waals surface area contributed by atoms with Crippen LogP contribution in [-0.2, 0) is 0 Å². The van der Waals surface area contributed by atoms with Gasteiger partial charge >= 0.3 is 0 Å². The van der Waals surface area contributed by atoms with Gasteiger partial charge in [-0.2, -0.15) is 0 Å². The summed E-state index contributed by atoms with van der Waals surface area (Å²) in [7, 11) is 0. The summed E-state index contributed by atoms with van der Waals surface area (Å²) in [6.07, 6.45) is 2.92. The Hall–Kier alpha value is -0.640. The van der Waals surface area contributed by atoms with Crippen LogP contribution in [0.3, 0.4) is 0 Å². The van der Waals surface area contributed by atoms with E-state index >= 15 is 0 Å². The van der Waals surface area contributed by atoms with Crippen molar-refractivity contribution in [2.45, 2.75) is 25.0 Å². The van der Waals surface area contributed by atoms with Gasteiger partial charge in [0, 0.05) is 13.1 Å². The Labute approximate surface area is 79.8 Å². The van der Waals surface area contributed by atoms with Crippen molar-refractivity contribution >= 4 is 0 Å². The summed E-state index contributed by atoms with van der Waals surface area (Å²) < 4.78 is 0. The molecule has 0 bridgehead atoms. The molecule has 76 valence electrons. The van der Waals surface area contributed by atoms with Gasteiger partial charge in [-0.3, -0.25) is 0 Å². The molecule has 0 amide bonds. The maximum Gasteiger partial charge on any atom is 0.0920 e. The molecule has 0 spiro atoms. The van der Waals surface area contributed by atoms with Gasteiger partial charge in [0.05, 0.1) is 11.2 Å². The Morgan fingerprint density at radius 1 is 1.08 bits per heavy atom. The van der Waals surface area contributed by atoms with E-state index in [0.29, 0.717) is 13.1 Å². The minimum absolute atomic E-state index is 0.362. The van der Waals surface area contributed by atoms with Crippen LogP contribution in [0.2, 0.25) is 0 Å². The quantitative estimate of drug-likeness (QED) is 0.527. The predicted molar refractivity (Wildman–Crippen MR) is 54.5 cm³/mol. The van der Waals surface area contributed by atoms with Crippen LogP contribution in [0, 0.1) is 0 Å². The molecule has 0 heterocycles. The predicted octanol–water partition coefficient (Wildman–Crippen LogP) is 0.450. The molecular formula is C10H19NO2. The average molecular weight is 185 g/mol. The molecule has 0 saturated heterocycles. The Bertz CT molecular complexity index is 165. The summed E-state index contributed by atoms with van der Waals surface area (Å²) in [5.74, 6) is 0. The largest absolute Gasteiger partial charge is 0.385 e. The van der Waals surface area contributed by atoms with E-state index < -0.39 is 11.2 Å². The van der Waals surface area contributed by atoms with Crippen molar-refractivity contribution in [2.75, 3.05) is 13.1 Å². The lowest BCUT2D eigenvalue weighted by atomic mass is 10.1. The summed E-state index contributed by atoms with van der Waals surface area (Å²) in [5, 5.41) is 21.9. The molecule has 0 aromatic heterocycles. The molecule has 3 nitrogen and oxygen atoms in total. The second-order valence-corrected chi connectivity index (χ2v) is 3.73. The molecular weight excluding hydrogens is 166 g/mol. The second kappa shape index (κ2) is 4.56. The van der Waals surface area contributed by atoms with E-state index in [2.05, 4.69) is 18.5 Å².